The van der Waals surface area contributed by atoms with E-state index in [9.17, 15) is 0 Å². The standard InChI is InChI=1S/C39H29N4O.Pt/c1-26-19-30(42-25-41(29-11-5-4-6-12-29)37-21-27(2)28(3)22-38(37)42)23-32(20-26)44-31-16-17-34-33-13-7-8-14-35(33)43(36(34)24-31)39-15-9-10-18-40-39;/h4-22,25H,1-3H3;/q-3;. The van der Waals surface area contributed by atoms with Gasteiger partial charge in [-0.05, 0) is 72.8 Å². The molecule has 0 aliphatic carbocycles. The molecule has 45 heavy (non-hydrogen) atoms. The maximum Gasteiger partial charge on any atom is 0.135 e. The molecular formula is C39H29N4OPt-3. The molecule has 0 amide bonds. The average molecular weight is 765 g/mol. The molecule has 7 aromatic rings. The molecule has 0 saturated carbocycles. The SMILES string of the molecule is Cc1cc(Oc2[c-]c3c(cc2)c2ccccc2n3-c2ccccn2)[c-]c(N2[CH-]N(c3ccccc3)c3cc(C)c(C)cc32)c1.[Pt]. The number of pyridine rings is 1. The fraction of sp³-hybridized carbons (Fsp3) is 0.0769. The van der Waals surface area contributed by atoms with Crippen molar-refractivity contribution in [2.75, 3.05) is 9.80 Å². The Morgan fingerprint density at radius 1 is 0.667 bits per heavy atom. The van der Waals surface area contributed by atoms with E-state index in [-0.39, 0.29) is 21.1 Å². The normalized spacial score (nSPS) is 12.4. The van der Waals surface area contributed by atoms with Crippen LogP contribution in [0.5, 0.6) is 11.5 Å². The van der Waals surface area contributed by atoms with Gasteiger partial charge in [0.2, 0.25) is 0 Å². The number of aromatic nitrogens is 2. The Kier molecular flexibility index (Phi) is 7.43. The molecule has 0 radical (unpaired) electrons. The predicted molar refractivity (Wildman–Crippen MR) is 178 cm³/mol. The van der Waals surface area contributed by atoms with Gasteiger partial charge in [-0.3, -0.25) is 0 Å². The Labute approximate surface area is 277 Å². The largest absolute Gasteiger partial charge is 0.509 e. The van der Waals surface area contributed by atoms with Gasteiger partial charge >= 0.3 is 0 Å². The zero-order chi connectivity index (χ0) is 29.8. The molecule has 0 unspecified atom stereocenters. The first-order valence-corrected chi connectivity index (χ1v) is 14.7. The van der Waals surface area contributed by atoms with Crippen LogP contribution in [0.1, 0.15) is 16.7 Å². The van der Waals surface area contributed by atoms with Gasteiger partial charge in [-0.15, -0.1) is 48.1 Å². The topological polar surface area (TPSA) is 33.5 Å². The molecule has 0 saturated heterocycles. The second-order valence-corrected chi connectivity index (χ2v) is 11.3. The number of ether oxygens (including phenoxy) is 1. The van der Waals surface area contributed by atoms with Crippen molar-refractivity contribution >= 4 is 44.6 Å². The van der Waals surface area contributed by atoms with E-state index >= 15 is 0 Å². The van der Waals surface area contributed by atoms with Crippen LogP contribution in [0, 0.1) is 39.6 Å². The molecule has 2 aromatic heterocycles. The summed E-state index contributed by atoms with van der Waals surface area (Å²) in [6.45, 7) is 8.54. The molecule has 3 heterocycles. The van der Waals surface area contributed by atoms with Crippen molar-refractivity contribution in [1.29, 1.82) is 0 Å². The Morgan fingerprint density at radius 2 is 1.40 bits per heavy atom. The maximum atomic E-state index is 6.50. The smallest absolute Gasteiger partial charge is 0.135 e. The van der Waals surface area contributed by atoms with Gasteiger partial charge in [0.15, 0.2) is 0 Å². The van der Waals surface area contributed by atoms with Crippen molar-refractivity contribution < 1.29 is 25.8 Å². The summed E-state index contributed by atoms with van der Waals surface area (Å²) in [4.78, 5) is 9.07. The summed E-state index contributed by atoms with van der Waals surface area (Å²) in [6, 6.07) is 44.6. The number of nitrogens with zero attached hydrogens (tertiary/aromatic N) is 4. The summed E-state index contributed by atoms with van der Waals surface area (Å²) in [5.41, 5.74) is 9.84. The van der Waals surface area contributed by atoms with Crippen molar-refractivity contribution in [2.45, 2.75) is 20.8 Å². The Morgan fingerprint density at radius 3 is 2.18 bits per heavy atom. The first-order chi connectivity index (χ1) is 21.5. The number of hydrogen-bond acceptors (Lipinski definition) is 4. The molecule has 1 aliphatic heterocycles. The van der Waals surface area contributed by atoms with E-state index < -0.39 is 0 Å². The van der Waals surface area contributed by atoms with Gasteiger partial charge in [0, 0.05) is 61.3 Å². The number of rotatable bonds is 5. The van der Waals surface area contributed by atoms with Crippen LogP contribution in [0.15, 0.2) is 115 Å². The van der Waals surface area contributed by atoms with E-state index in [0.717, 1.165) is 55.9 Å². The summed E-state index contributed by atoms with van der Waals surface area (Å²) in [7, 11) is 0. The third-order valence-electron chi connectivity index (χ3n) is 8.26. The molecule has 224 valence electrons. The van der Waals surface area contributed by atoms with Crippen molar-refractivity contribution in [3.63, 3.8) is 0 Å². The number of fused-ring (bicyclic) bond motifs is 4. The number of aryl methyl sites for hydroxylation is 3. The van der Waals surface area contributed by atoms with Crippen LogP contribution in [-0.4, -0.2) is 9.55 Å². The van der Waals surface area contributed by atoms with Crippen molar-refractivity contribution in [3.8, 4) is 17.3 Å². The van der Waals surface area contributed by atoms with Gasteiger partial charge in [-0.25, -0.2) is 4.98 Å². The van der Waals surface area contributed by atoms with E-state index in [1.54, 1.807) is 0 Å². The first-order valence-electron chi connectivity index (χ1n) is 14.7. The average Bonchev–Trinajstić information content (AvgIpc) is 3.57. The summed E-state index contributed by atoms with van der Waals surface area (Å²) in [5, 5.41) is 2.25. The van der Waals surface area contributed by atoms with Crippen molar-refractivity contribution in [1.82, 2.24) is 9.55 Å². The molecule has 5 aromatic carbocycles. The molecule has 0 bridgehead atoms. The van der Waals surface area contributed by atoms with Crippen LogP contribution in [0.4, 0.5) is 22.7 Å². The zero-order valence-electron chi connectivity index (χ0n) is 25.1. The van der Waals surface area contributed by atoms with Gasteiger partial charge in [0.1, 0.15) is 5.82 Å². The summed E-state index contributed by atoms with van der Waals surface area (Å²) in [6.07, 6.45) is 1.81. The van der Waals surface area contributed by atoms with E-state index in [1.165, 1.54) is 11.1 Å². The maximum absolute atomic E-state index is 6.50. The van der Waals surface area contributed by atoms with Crippen LogP contribution in [-0.2, 0) is 21.1 Å². The van der Waals surface area contributed by atoms with Crippen LogP contribution < -0.4 is 14.5 Å². The molecule has 5 nitrogen and oxygen atoms in total. The van der Waals surface area contributed by atoms with E-state index in [1.807, 2.05) is 42.6 Å². The minimum Gasteiger partial charge on any atom is -0.509 e. The first kappa shape index (κ1) is 28.9. The van der Waals surface area contributed by atoms with E-state index in [2.05, 4.69) is 132 Å². The van der Waals surface area contributed by atoms with Gasteiger partial charge < -0.3 is 19.1 Å². The van der Waals surface area contributed by atoms with Crippen molar-refractivity contribution in [2.24, 2.45) is 0 Å². The second kappa shape index (κ2) is 11.6. The third-order valence-corrected chi connectivity index (χ3v) is 8.26. The van der Waals surface area contributed by atoms with Crippen LogP contribution in [0.2, 0.25) is 0 Å². The quantitative estimate of drug-likeness (QED) is 0.164. The molecule has 0 N–H and O–H groups in total. The van der Waals surface area contributed by atoms with Crippen LogP contribution in [0.25, 0.3) is 27.6 Å². The van der Waals surface area contributed by atoms with Gasteiger partial charge in [-0.1, -0.05) is 54.9 Å². The Hall–Kier alpha value is -4.86. The third kappa shape index (κ3) is 5.07. The van der Waals surface area contributed by atoms with Crippen LogP contribution in [0.3, 0.4) is 0 Å². The van der Waals surface area contributed by atoms with Gasteiger partial charge in [-0.2, -0.15) is 11.6 Å². The number of hydrogen-bond donors (Lipinski definition) is 0. The summed E-state index contributed by atoms with van der Waals surface area (Å²) >= 11 is 0. The molecule has 6 heteroatoms. The Balaban J connectivity index is 0.00000325. The van der Waals surface area contributed by atoms with Crippen LogP contribution >= 0.6 is 0 Å². The molecule has 0 fully saturated rings. The minimum atomic E-state index is 0. The van der Waals surface area contributed by atoms with Crippen molar-refractivity contribution in [3.05, 3.63) is 151 Å². The zero-order valence-corrected chi connectivity index (χ0v) is 27.3. The fourth-order valence-electron chi connectivity index (χ4n) is 6.02. The fourth-order valence-corrected chi connectivity index (χ4v) is 6.02. The molecule has 0 atom stereocenters. The minimum absolute atomic E-state index is 0. The van der Waals surface area contributed by atoms with Gasteiger partial charge in [0.25, 0.3) is 0 Å². The molecule has 0 spiro atoms. The second-order valence-electron chi connectivity index (χ2n) is 11.3. The summed E-state index contributed by atoms with van der Waals surface area (Å²) < 4.78 is 8.64. The molecule has 8 rings (SSSR count). The summed E-state index contributed by atoms with van der Waals surface area (Å²) in [5.74, 6) is 2.09. The number of anilines is 4. The van der Waals surface area contributed by atoms with E-state index in [4.69, 9.17) is 4.74 Å². The van der Waals surface area contributed by atoms with Gasteiger partial charge in [0.05, 0.1) is 0 Å². The van der Waals surface area contributed by atoms with E-state index in [0.29, 0.717) is 11.5 Å². The molecular weight excluding hydrogens is 736 g/mol. The predicted octanol–water partition coefficient (Wildman–Crippen LogP) is 9.90. The Bertz CT molecular complexity index is 2180. The number of para-hydroxylation sites is 2. The monoisotopic (exact) mass is 764 g/mol. The number of benzene rings is 5. The molecule has 1 aliphatic rings.